The number of aliphatic hydroxyl groups is 1. The summed E-state index contributed by atoms with van der Waals surface area (Å²) < 4.78 is 0. The van der Waals surface area contributed by atoms with Crippen LogP contribution >= 0.6 is 0 Å². The lowest BCUT2D eigenvalue weighted by Gasteiger charge is -2.28. The lowest BCUT2D eigenvalue weighted by molar-refractivity contribution is -0.140. The number of aliphatic carboxylic acids is 1. The average molecular weight is 271 g/mol. The molecule has 1 atom stereocenters. The summed E-state index contributed by atoms with van der Waals surface area (Å²) in [4.78, 5) is 23.0. The normalized spacial score (nSPS) is 19.4. The Bertz CT molecular complexity index is 321. The van der Waals surface area contributed by atoms with Crippen molar-refractivity contribution in [2.45, 2.75) is 58.4 Å². The Balaban J connectivity index is 2.59. The van der Waals surface area contributed by atoms with Crippen molar-refractivity contribution in [1.82, 2.24) is 5.32 Å². The van der Waals surface area contributed by atoms with E-state index >= 15 is 0 Å². The first-order chi connectivity index (χ1) is 8.88. The summed E-state index contributed by atoms with van der Waals surface area (Å²) in [6.07, 6.45) is 3.91. The van der Waals surface area contributed by atoms with Gasteiger partial charge in [0.1, 0.15) is 0 Å². The Morgan fingerprint density at radius 3 is 2.21 bits per heavy atom. The number of carboxylic acid groups (broad SMARTS) is 1. The predicted octanol–water partition coefficient (Wildman–Crippen LogP) is 1.54. The monoisotopic (exact) mass is 271 g/mol. The Kier molecular flexibility index (Phi) is 5.79. The van der Waals surface area contributed by atoms with Crippen LogP contribution in [0.5, 0.6) is 0 Å². The van der Waals surface area contributed by atoms with Crippen molar-refractivity contribution in [2.75, 3.05) is 6.61 Å². The van der Waals surface area contributed by atoms with Gasteiger partial charge < -0.3 is 15.5 Å². The van der Waals surface area contributed by atoms with Crippen LogP contribution in [0, 0.1) is 11.3 Å². The van der Waals surface area contributed by atoms with Crippen molar-refractivity contribution in [3.8, 4) is 0 Å². The van der Waals surface area contributed by atoms with Crippen LogP contribution in [0.4, 0.5) is 0 Å². The molecule has 5 heteroatoms. The third kappa shape index (κ3) is 4.82. The molecule has 0 unspecified atom stereocenters. The molecular weight excluding hydrogens is 246 g/mol. The summed E-state index contributed by atoms with van der Waals surface area (Å²) in [6, 6.07) is -0.254. The molecule has 5 nitrogen and oxygen atoms in total. The Morgan fingerprint density at radius 2 is 1.79 bits per heavy atom. The fourth-order valence-corrected chi connectivity index (χ4v) is 2.88. The van der Waals surface area contributed by atoms with Crippen LogP contribution < -0.4 is 5.32 Å². The molecule has 1 saturated carbocycles. The molecule has 0 aromatic carbocycles. The number of amides is 1. The molecule has 1 aliphatic rings. The number of rotatable bonds is 7. The number of nitrogens with one attached hydrogen (secondary N) is 1. The number of carbonyl (C=O) groups is 2. The first-order valence-corrected chi connectivity index (χ1v) is 7.00. The quantitative estimate of drug-likeness (QED) is 0.655. The van der Waals surface area contributed by atoms with Crippen molar-refractivity contribution in [2.24, 2.45) is 11.3 Å². The standard InChI is InChI=1S/C14H25NO4/c1-10(2)11(9-16)15-12(17)7-14(8-13(18)19)5-3-4-6-14/h10-11,16H,3-9H2,1-2H3,(H,15,17)(H,18,19)/t11-/m1/s1. The van der Waals surface area contributed by atoms with E-state index in [9.17, 15) is 14.7 Å². The van der Waals surface area contributed by atoms with Crippen LogP contribution in [0.3, 0.4) is 0 Å². The molecule has 110 valence electrons. The second kappa shape index (κ2) is 6.89. The predicted molar refractivity (Wildman–Crippen MR) is 71.6 cm³/mol. The van der Waals surface area contributed by atoms with Gasteiger partial charge in [-0.3, -0.25) is 9.59 Å². The van der Waals surface area contributed by atoms with E-state index < -0.39 is 5.97 Å². The molecule has 1 fully saturated rings. The zero-order chi connectivity index (χ0) is 14.5. The summed E-state index contributed by atoms with van der Waals surface area (Å²) in [6.45, 7) is 3.78. The maximum Gasteiger partial charge on any atom is 0.303 e. The largest absolute Gasteiger partial charge is 0.481 e. The lowest BCUT2D eigenvalue weighted by Crippen LogP contribution is -2.43. The maximum atomic E-state index is 12.0. The third-order valence-electron chi connectivity index (χ3n) is 4.07. The van der Waals surface area contributed by atoms with Gasteiger partial charge in [-0.2, -0.15) is 0 Å². The molecule has 0 aromatic heterocycles. The van der Waals surface area contributed by atoms with E-state index in [2.05, 4.69) is 5.32 Å². The smallest absolute Gasteiger partial charge is 0.303 e. The first kappa shape index (κ1) is 16.0. The molecule has 0 spiro atoms. The van der Waals surface area contributed by atoms with Crippen LogP contribution in [0.2, 0.25) is 0 Å². The minimum Gasteiger partial charge on any atom is -0.481 e. The van der Waals surface area contributed by atoms with E-state index in [1.54, 1.807) is 0 Å². The van der Waals surface area contributed by atoms with Crippen LogP contribution in [0.1, 0.15) is 52.4 Å². The van der Waals surface area contributed by atoms with Gasteiger partial charge in [-0.25, -0.2) is 0 Å². The summed E-state index contributed by atoms with van der Waals surface area (Å²) in [5.74, 6) is -0.818. The Hall–Kier alpha value is -1.10. The zero-order valence-electron chi connectivity index (χ0n) is 11.8. The van der Waals surface area contributed by atoms with Crippen LogP contribution in [-0.4, -0.2) is 34.7 Å². The van der Waals surface area contributed by atoms with E-state index in [-0.39, 0.29) is 42.7 Å². The molecule has 1 aliphatic carbocycles. The number of aliphatic hydroxyl groups excluding tert-OH is 1. The molecule has 19 heavy (non-hydrogen) atoms. The van der Waals surface area contributed by atoms with Crippen molar-refractivity contribution in [3.05, 3.63) is 0 Å². The second-order valence-electron chi connectivity index (χ2n) is 6.05. The first-order valence-electron chi connectivity index (χ1n) is 7.00. The minimum atomic E-state index is -0.836. The molecule has 0 aromatic rings. The van der Waals surface area contributed by atoms with E-state index in [0.29, 0.717) is 0 Å². The van der Waals surface area contributed by atoms with Crippen LogP contribution in [0.25, 0.3) is 0 Å². The summed E-state index contributed by atoms with van der Waals surface area (Å²) in [5.41, 5.74) is -0.382. The minimum absolute atomic E-state index is 0.0614. The molecule has 1 rings (SSSR count). The molecule has 0 aliphatic heterocycles. The van der Waals surface area contributed by atoms with Crippen molar-refractivity contribution < 1.29 is 19.8 Å². The number of carbonyl (C=O) groups excluding carboxylic acids is 1. The van der Waals surface area contributed by atoms with Gasteiger partial charge in [-0.15, -0.1) is 0 Å². The van der Waals surface area contributed by atoms with Gasteiger partial charge in [0.2, 0.25) is 5.91 Å². The highest BCUT2D eigenvalue weighted by atomic mass is 16.4. The van der Waals surface area contributed by atoms with Crippen LogP contribution in [0.15, 0.2) is 0 Å². The molecule has 0 heterocycles. The molecule has 0 saturated heterocycles. The van der Waals surface area contributed by atoms with Crippen molar-refractivity contribution in [1.29, 1.82) is 0 Å². The molecule has 0 radical (unpaired) electrons. The lowest BCUT2D eigenvalue weighted by atomic mass is 9.79. The average Bonchev–Trinajstić information content (AvgIpc) is 2.72. The maximum absolute atomic E-state index is 12.0. The van der Waals surface area contributed by atoms with Gasteiger partial charge in [-0.1, -0.05) is 26.7 Å². The van der Waals surface area contributed by atoms with Gasteiger partial charge in [-0.05, 0) is 24.2 Å². The van der Waals surface area contributed by atoms with E-state index in [1.165, 1.54) is 0 Å². The zero-order valence-corrected chi connectivity index (χ0v) is 11.8. The van der Waals surface area contributed by atoms with E-state index in [4.69, 9.17) is 5.11 Å². The molecular formula is C14H25NO4. The van der Waals surface area contributed by atoms with Gasteiger partial charge in [0.15, 0.2) is 0 Å². The molecule has 0 bridgehead atoms. The fraction of sp³-hybridized carbons (Fsp3) is 0.857. The topological polar surface area (TPSA) is 86.6 Å². The summed E-state index contributed by atoms with van der Waals surface area (Å²) in [7, 11) is 0. The van der Waals surface area contributed by atoms with Gasteiger partial charge >= 0.3 is 5.97 Å². The van der Waals surface area contributed by atoms with E-state index in [1.807, 2.05) is 13.8 Å². The summed E-state index contributed by atoms with van der Waals surface area (Å²) in [5, 5.41) is 21.0. The van der Waals surface area contributed by atoms with Crippen LogP contribution in [-0.2, 0) is 9.59 Å². The highest BCUT2D eigenvalue weighted by Crippen LogP contribution is 2.44. The molecule has 1 amide bonds. The van der Waals surface area contributed by atoms with Crippen molar-refractivity contribution in [3.63, 3.8) is 0 Å². The highest BCUT2D eigenvalue weighted by Gasteiger charge is 2.38. The second-order valence-corrected chi connectivity index (χ2v) is 6.05. The number of hydrogen-bond donors (Lipinski definition) is 3. The fourth-order valence-electron chi connectivity index (χ4n) is 2.88. The Labute approximate surface area is 114 Å². The van der Waals surface area contributed by atoms with Gasteiger partial charge in [0, 0.05) is 6.42 Å². The Morgan fingerprint density at radius 1 is 1.21 bits per heavy atom. The SMILES string of the molecule is CC(C)[C@@H](CO)NC(=O)CC1(CC(=O)O)CCCC1. The molecule has 3 N–H and O–H groups in total. The van der Waals surface area contributed by atoms with Gasteiger partial charge in [0.25, 0.3) is 0 Å². The number of carboxylic acids is 1. The summed E-state index contributed by atoms with van der Waals surface area (Å²) >= 11 is 0. The van der Waals surface area contributed by atoms with Crippen molar-refractivity contribution >= 4 is 11.9 Å². The van der Waals surface area contributed by atoms with Gasteiger partial charge in [0.05, 0.1) is 19.1 Å². The third-order valence-corrected chi connectivity index (χ3v) is 4.07. The number of hydrogen-bond acceptors (Lipinski definition) is 3. The highest BCUT2D eigenvalue weighted by molar-refractivity contribution is 5.78. The van der Waals surface area contributed by atoms with E-state index in [0.717, 1.165) is 25.7 Å².